The van der Waals surface area contributed by atoms with Crippen molar-refractivity contribution in [3.8, 4) is 0 Å². The van der Waals surface area contributed by atoms with Crippen molar-refractivity contribution < 1.29 is 14.0 Å². The summed E-state index contributed by atoms with van der Waals surface area (Å²) in [5.41, 5.74) is 0.0329. The molecule has 0 radical (unpaired) electrons. The van der Waals surface area contributed by atoms with Gasteiger partial charge in [-0.25, -0.2) is 4.39 Å². The molecule has 1 saturated heterocycles. The van der Waals surface area contributed by atoms with Crippen LogP contribution < -0.4 is 5.32 Å². The number of nitrogens with one attached hydrogen (secondary N) is 1. The molecular formula is C14H16ClFN2O2S. The fraction of sp³-hybridized carbons (Fsp3) is 0.429. The third kappa shape index (κ3) is 3.89. The van der Waals surface area contributed by atoms with Gasteiger partial charge in [0.05, 0.1) is 10.6 Å². The van der Waals surface area contributed by atoms with Crippen LogP contribution in [0.3, 0.4) is 0 Å². The monoisotopic (exact) mass is 330 g/mol. The molecule has 0 bridgehead atoms. The highest BCUT2D eigenvalue weighted by atomic mass is 35.5. The Balaban J connectivity index is 2.01. The van der Waals surface area contributed by atoms with Gasteiger partial charge in [-0.05, 0) is 19.1 Å². The molecule has 1 aromatic carbocycles. The Bertz CT molecular complexity index is 550. The second-order valence-corrected chi connectivity index (χ2v) is 6.34. The molecule has 1 fully saturated rings. The zero-order chi connectivity index (χ0) is 15.4. The molecule has 1 N–H and O–H groups in total. The van der Waals surface area contributed by atoms with Gasteiger partial charge in [-0.3, -0.25) is 9.59 Å². The molecule has 114 valence electrons. The van der Waals surface area contributed by atoms with Crippen LogP contribution in [0.25, 0.3) is 0 Å². The van der Waals surface area contributed by atoms with Gasteiger partial charge < -0.3 is 10.2 Å². The van der Waals surface area contributed by atoms with Crippen LogP contribution in [0.2, 0.25) is 5.02 Å². The smallest absolute Gasteiger partial charge is 0.253 e. The molecule has 1 unspecified atom stereocenters. The topological polar surface area (TPSA) is 49.4 Å². The van der Waals surface area contributed by atoms with Crippen molar-refractivity contribution in [2.75, 3.05) is 24.6 Å². The highest BCUT2D eigenvalue weighted by molar-refractivity contribution is 7.99. The number of halogens is 2. The van der Waals surface area contributed by atoms with E-state index in [1.54, 1.807) is 23.6 Å². The summed E-state index contributed by atoms with van der Waals surface area (Å²) in [6.07, 6.45) is 0. The van der Waals surface area contributed by atoms with Gasteiger partial charge in [-0.2, -0.15) is 11.8 Å². The van der Waals surface area contributed by atoms with E-state index in [1.807, 2.05) is 0 Å². The standard InChI is InChI=1S/C14H16ClFN2O2S/c1-9(14(20)18-5-7-21-8-6-18)17-13(19)10-3-2-4-11(16)12(10)15/h2-4,9H,5-8H2,1H3,(H,17,19). The van der Waals surface area contributed by atoms with E-state index in [9.17, 15) is 14.0 Å². The van der Waals surface area contributed by atoms with E-state index in [0.717, 1.165) is 11.5 Å². The maximum absolute atomic E-state index is 13.3. The fourth-order valence-electron chi connectivity index (χ4n) is 2.07. The predicted octanol–water partition coefficient (Wildman–Crippen LogP) is 2.17. The third-order valence-corrected chi connectivity index (χ3v) is 4.56. The molecule has 4 nitrogen and oxygen atoms in total. The van der Waals surface area contributed by atoms with E-state index in [4.69, 9.17) is 11.6 Å². The highest BCUT2D eigenvalue weighted by Crippen LogP contribution is 2.19. The van der Waals surface area contributed by atoms with Gasteiger partial charge >= 0.3 is 0 Å². The first-order valence-corrected chi connectivity index (χ1v) is 8.15. The van der Waals surface area contributed by atoms with Crippen LogP contribution in [0.4, 0.5) is 4.39 Å². The minimum absolute atomic E-state index is 0.0329. The molecule has 2 rings (SSSR count). The Morgan fingerprint density at radius 2 is 2.05 bits per heavy atom. The minimum atomic E-state index is -0.667. The second-order valence-electron chi connectivity index (χ2n) is 4.73. The summed E-state index contributed by atoms with van der Waals surface area (Å²) < 4.78 is 13.3. The van der Waals surface area contributed by atoms with Crippen LogP contribution in [0.5, 0.6) is 0 Å². The minimum Gasteiger partial charge on any atom is -0.340 e. The van der Waals surface area contributed by atoms with Crippen molar-refractivity contribution in [3.63, 3.8) is 0 Å². The molecular weight excluding hydrogens is 315 g/mol. The van der Waals surface area contributed by atoms with E-state index in [-0.39, 0.29) is 16.5 Å². The lowest BCUT2D eigenvalue weighted by atomic mass is 10.2. The van der Waals surface area contributed by atoms with E-state index in [0.29, 0.717) is 13.1 Å². The molecule has 7 heteroatoms. The Hall–Kier alpha value is -1.27. The zero-order valence-corrected chi connectivity index (χ0v) is 13.1. The molecule has 0 aromatic heterocycles. The highest BCUT2D eigenvalue weighted by Gasteiger charge is 2.24. The lowest BCUT2D eigenvalue weighted by Gasteiger charge is -2.29. The van der Waals surface area contributed by atoms with Gasteiger partial charge in [-0.1, -0.05) is 17.7 Å². The molecule has 0 saturated carbocycles. The van der Waals surface area contributed by atoms with Crippen LogP contribution in [0, 0.1) is 5.82 Å². The van der Waals surface area contributed by atoms with Gasteiger partial charge in [0.1, 0.15) is 11.9 Å². The van der Waals surface area contributed by atoms with Gasteiger partial charge in [0.2, 0.25) is 5.91 Å². The van der Waals surface area contributed by atoms with Crippen molar-refractivity contribution in [1.82, 2.24) is 10.2 Å². The summed E-state index contributed by atoms with van der Waals surface area (Å²) in [7, 11) is 0. The Kier molecular flexibility index (Phi) is 5.47. The Morgan fingerprint density at radius 3 is 2.71 bits per heavy atom. The molecule has 1 aliphatic rings. The van der Waals surface area contributed by atoms with Crippen molar-refractivity contribution in [2.24, 2.45) is 0 Å². The summed E-state index contributed by atoms with van der Waals surface area (Å²) in [6, 6.07) is 3.35. The summed E-state index contributed by atoms with van der Waals surface area (Å²) in [5.74, 6) is 0.476. The van der Waals surface area contributed by atoms with E-state index < -0.39 is 17.8 Å². The number of carbonyl (C=O) groups is 2. The van der Waals surface area contributed by atoms with Crippen molar-refractivity contribution >= 4 is 35.2 Å². The SMILES string of the molecule is CC(NC(=O)c1cccc(F)c1Cl)C(=O)N1CCSCC1. The van der Waals surface area contributed by atoms with E-state index >= 15 is 0 Å². The lowest BCUT2D eigenvalue weighted by molar-refractivity contribution is -0.132. The summed E-state index contributed by atoms with van der Waals surface area (Å²) in [4.78, 5) is 26.0. The Morgan fingerprint density at radius 1 is 1.38 bits per heavy atom. The average Bonchev–Trinajstić information content (AvgIpc) is 2.50. The first kappa shape index (κ1) is 16.1. The van der Waals surface area contributed by atoms with Gasteiger partial charge in [0, 0.05) is 24.6 Å². The first-order chi connectivity index (χ1) is 10.0. The van der Waals surface area contributed by atoms with Crippen molar-refractivity contribution in [3.05, 3.63) is 34.6 Å². The second kappa shape index (κ2) is 7.13. The summed E-state index contributed by atoms with van der Waals surface area (Å²) in [6.45, 7) is 2.99. The van der Waals surface area contributed by atoms with Crippen LogP contribution in [-0.4, -0.2) is 47.4 Å². The molecule has 1 atom stereocenters. The molecule has 0 aliphatic carbocycles. The normalized spacial score (nSPS) is 16.4. The van der Waals surface area contributed by atoms with Crippen LogP contribution in [-0.2, 0) is 4.79 Å². The van der Waals surface area contributed by atoms with Crippen molar-refractivity contribution in [2.45, 2.75) is 13.0 Å². The van der Waals surface area contributed by atoms with E-state index in [1.165, 1.54) is 18.2 Å². The zero-order valence-electron chi connectivity index (χ0n) is 11.6. The maximum atomic E-state index is 13.3. The van der Waals surface area contributed by atoms with Crippen LogP contribution in [0.15, 0.2) is 18.2 Å². The molecule has 2 amide bonds. The maximum Gasteiger partial charge on any atom is 0.253 e. The molecule has 1 heterocycles. The van der Waals surface area contributed by atoms with Gasteiger partial charge in [0.15, 0.2) is 0 Å². The molecule has 0 spiro atoms. The summed E-state index contributed by atoms with van der Waals surface area (Å²) in [5, 5.41) is 2.34. The molecule has 1 aliphatic heterocycles. The fourth-order valence-corrected chi connectivity index (χ4v) is 3.19. The largest absolute Gasteiger partial charge is 0.340 e. The number of benzene rings is 1. The predicted molar refractivity (Wildman–Crippen MR) is 82.2 cm³/mol. The third-order valence-electron chi connectivity index (χ3n) is 3.24. The van der Waals surface area contributed by atoms with E-state index in [2.05, 4.69) is 5.32 Å². The number of nitrogens with zero attached hydrogens (tertiary/aromatic N) is 1. The van der Waals surface area contributed by atoms with Crippen LogP contribution >= 0.6 is 23.4 Å². The number of amides is 2. The van der Waals surface area contributed by atoms with Gasteiger partial charge in [0.25, 0.3) is 5.91 Å². The number of rotatable bonds is 3. The number of thioether (sulfide) groups is 1. The Labute approximate surface area is 132 Å². The molecule has 1 aromatic rings. The number of carbonyl (C=O) groups excluding carboxylic acids is 2. The van der Waals surface area contributed by atoms with Crippen LogP contribution in [0.1, 0.15) is 17.3 Å². The number of hydrogen-bond donors (Lipinski definition) is 1. The first-order valence-electron chi connectivity index (χ1n) is 6.62. The van der Waals surface area contributed by atoms with Crippen molar-refractivity contribution in [1.29, 1.82) is 0 Å². The summed E-state index contributed by atoms with van der Waals surface area (Å²) >= 11 is 7.57. The van der Waals surface area contributed by atoms with Gasteiger partial charge in [-0.15, -0.1) is 0 Å². The number of hydrogen-bond acceptors (Lipinski definition) is 3. The lowest BCUT2D eigenvalue weighted by Crippen LogP contribution is -2.49. The average molecular weight is 331 g/mol. The quantitative estimate of drug-likeness (QED) is 0.924. The molecule has 21 heavy (non-hydrogen) atoms.